The summed E-state index contributed by atoms with van der Waals surface area (Å²) in [6.45, 7) is 1.86. The molecule has 0 amide bonds. The summed E-state index contributed by atoms with van der Waals surface area (Å²) in [6.07, 6.45) is 1.08. The van der Waals surface area contributed by atoms with Gasteiger partial charge in [-0.25, -0.2) is 4.68 Å². The Morgan fingerprint density at radius 3 is 3.00 bits per heavy atom. The minimum absolute atomic E-state index is 0.715. The Morgan fingerprint density at radius 1 is 1.29 bits per heavy atom. The molecule has 6 nitrogen and oxygen atoms in total. The topological polar surface area (TPSA) is 73.3 Å². The maximum absolute atomic E-state index is 6.02. The normalized spacial score (nSPS) is 11.1. The third-order valence-electron chi connectivity index (χ3n) is 3.48. The zero-order valence-corrected chi connectivity index (χ0v) is 14.9. The number of nitrogens with two attached hydrogens (primary N) is 1. The summed E-state index contributed by atoms with van der Waals surface area (Å²) in [4.78, 5) is 0. The van der Waals surface area contributed by atoms with Crippen LogP contribution in [0.25, 0.3) is 11.3 Å². The van der Waals surface area contributed by atoms with E-state index in [1.807, 2.05) is 43.4 Å². The van der Waals surface area contributed by atoms with E-state index >= 15 is 0 Å². The zero-order chi connectivity index (χ0) is 16.8. The van der Waals surface area contributed by atoms with E-state index in [-0.39, 0.29) is 0 Å². The maximum atomic E-state index is 6.02. The molecule has 0 bridgehead atoms. The van der Waals surface area contributed by atoms with Crippen molar-refractivity contribution in [3.05, 3.63) is 47.2 Å². The summed E-state index contributed by atoms with van der Waals surface area (Å²) in [6, 6.07) is 11.7. The molecule has 0 spiro atoms. The third-order valence-corrected chi connectivity index (χ3v) is 4.81. The molecule has 2 heterocycles. The summed E-state index contributed by atoms with van der Waals surface area (Å²) in [5.41, 5.74) is 1.00. The number of halogens is 1. The van der Waals surface area contributed by atoms with Crippen LogP contribution in [0.3, 0.4) is 0 Å². The highest BCUT2D eigenvalue weighted by atomic mass is 35.5. The molecular weight excluding hydrogens is 346 g/mol. The number of aromatic nitrogens is 4. The number of nitrogens with zero attached hydrogens (tertiary/aromatic N) is 4. The summed E-state index contributed by atoms with van der Waals surface area (Å²) in [7, 11) is 1.85. The van der Waals surface area contributed by atoms with Gasteiger partial charge in [-0.15, -0.1) is 5.10 Å². The van der Waals surface area contributed by atoms with Gasteiger partial charge in [0.05, 0.1) is 6.54 Å². The van der Waals surface area contributed by atoms with Gasteiger partial charge in [-0.3, -0.25) is 0 Å². The van der Waals surface area contributed by atoms with Crippen LogP contribution in [0.4, 0.5) is 0 Å². The SMILES string of the molecule is Cn1nnnc1SCCC[NH2+]Cc1ccc(-c2cccc(Cl)c2)o1. The largest absolute Gasteiger partial charge is 0.455 e. The molecule has 126 valence electrons. The molecule has 2 N–H and O–H groups in total. The van der Waals surface area contributed by atoms with Crippen molar-refractivity contribution >= 4 is 23.4 Å². The number of benzene rings is 1. The van der Waals surface area contributed by atoms with Gasteiger partial charge in [-0.05, 0) is 34.7 Å². The number of quaternary nitrogens is 1. The Balaban J connectivity index is 1.39. The lowest BCUT2D eigenvalue weighted by Gasteiger charge is -2.01. The summed E-state index contributed by atoms with van der Waals surface area (Å²) >= 11 is 7.69. The molecule has 0 saturated carbocycles. The average Bonchev–Trinajstić information content (AvgIpc) is 3.20. The second-order valence-electron chi connectivity index (χ2n) is 5.34. The second kappa shape index (κ2) is 8.32. The fraction of sp³-hybridized carbons (Fsp3) is 0.312. The second-order valence-corrected chi connectivity index (χ2v) is 6.84. The first-order valence-electron chi connectivity index (χ1n) is 7.74. The number of rotatable bonds is 8. The number of hydrogen-bond donors (Lipinski definition) is 1. The predicted molar refractivity (Wildman–Crippen MR) is 93.8 cm³/mol. The molecule has 3 aromatic rings. The molecule has 0 fully saturated rings. The van der Waals surface area contributed by atoms with Crippen LogP contribution >= 0.6 is 23.4 Å². The Hall–Kier alpha value is -1.83. The minimum Gasteiger partial charge on any atom is -0.455 e. The van der Waals surface area contributed by atoms with Crippen LogP contribution in [0.2, 0.25) is 5.02 Å². The number of furan rings is 1. The molecule has 0 aliphatic carbocycles. The lowest BCUT2D eigenvalue weighted by Crippen LogP contribution is -2.82. The lowest BCUT2D eigenvalue weighted by molar-refractivity contribution is -0.672. The van der Waals surface area contributed by atoms with Crippen LogP contribution in [0.1, 0.15) is 12.2 Å². The molecular formula is C16H19ClN5OS+. The zero-order valence-electron chi connectivity index (χ0n) is 13.4. The minimum atomic E-state index is 0.715. The first-order chi connectivity index (χ1) is 11.7. The summed E-state index contributed by atoms with van der Waals surface area (Å²) in [5, 5.41) is 15.2. The quantitative estimate of drug-likeness (QED) is 0.490. The van der Waals surface area contributed by atoms with Crippen molar-refractivity contribution < 1.29 is 9.73 Å². The molecule has 2 aromatic heterocycles. The molecule has 24 heavy (non-hydrogen) atoms. The maximum Gasteiger partial charge on any atom is 0.209 e. The van der Waals surface area contributed by atoms with E-state index in [1.54, 1.807) is 16.4 Å². The summed E-state index contributed by atoms with van der Waals surface area (Å²) in [5.74, 6) is 2.82. The van der Waals surface area contributed by atoms with Crippen LogP contribution < -0.4 is 5.32 Å². The van der Waals surface area contributed by atoms with Gasteiger partial charge in [0, 0.05) is 29.8 Å². The van der Waals surface area contributed by atoms with Gasteiger partial charge in [0.25, 0.3) is 0 Å². The highest BCUT2D eigenvalue weighted by Crippen LogP contribution is 2.24. The van der Waals surface area contributed by atoms with Gasteiger partial charge in [-0.1, -0.05) is 35.5 Å². The van der Waals surface area contributed by atoms with Gasteiger partial charge in [-0.2, -0.15) is 0 Å². The highest BCUT2D eigenvalue weighted by Gasteiger charge is 2.07. The van der Waals surface area contributed by atoms with Crippen LogP contribution in [0, 0.1) is 0 Å². The molecule has 0 aliphatic heterocycles. The third kappa shape index (κ3) is 4.59. The Labute approximate surface area is 149 Å². The van der Waals surface area contributed by atoms with Crippen molar-refractivity contribution in [2.75, 3.05) is 12.3 Å². The molecule has 3 rings (SSSR count). The fourth-order valence-electron chi connectivity index (χ4n) is 2.26. The lowest BCUT2D eigenvalue weighted by atomic mass is 10.2. The van der Waals surface area contributed by atoms with Gasteiger partial charge >= 0.3 is 0 Å². The molecule has 0 saturated heterocycles. The van der Waals surface area contributed by atoms with Gasteiger partial charge in [0.2, 0.25) is 5.16 Å². The Kier molecular flexibility index (Phi) is 5.90. The standard InChI is InChI=1S/C16H18ClN5OS/c1-22-16(19-20-21-22)24-9-3-8-18-11-14-6-7-15(23-14)12-4-2-5-13(17)10-12/h2,4-7,10,18H,3,8-9,11H2,1H3/p+1. The van der Waals surface area contributed by atoms with E-state index in [4.69, 9.17) is 16.0 Å². The van der Waals surface area contributed by atoms with Gasteiger partial charge in [0.1, 0.15) is 12.3 Å². The Bertz CT molecular complexity index is 788. The first-order valence-corrected chi connectivity index (χ1v) is 9.10. The van der Waals surface area contributed by atoms with E-state index in [1.165, 1.54) is 0 Å². The van der Waals surface area contributed by atoms with Gasteiger partial charge in [0.15, 0.2) is 5.76 Å². The average molecular weight is 365 g/mol. The number of hydrogen-bond acceptors (Lipinski definition) is 5. The number of aryl methyl sites for hydroxylation is 1. The van der Waals surface area contributed by atoms with E-state index in [0.717, 1.165) is 47.5 Å². The number of thioether (sulfide) groups is 1. The molecule has 0 aliphatic rings. The monoisotopic (exact) mass is 364 g/mol. The van der Waals surface area contributed by atoms with E-state index in [2.05, 4.69) is 20.8 Å². The van der Waals surface area contributed by atoms with E-state index in [9.17, 15) is 0 Å². The number of tetrazole rings is 1. The molecule has 0 atom stereocenters. The predicted octanol–water partition coefficient (Wildman–Crippen LogP) is 2.37. The molecule has 0 radical (unpaired) electrons. The smallest absolute Gasteiger partial charge is 0.209 e. The van der Waals surface area contributed by atoms with Crippen molar-refractivity contribution in [2.45, 2.75) is 18.1 Å². The first kappa shape index (κ1) is 17.0. The highest BCUT2D eigenvalue weighted by molar-refractivity contribution is 7.99. The molecule has 1 aromatic carbocycles. The van der Waals surface area contributed by atoms with Crippen LogP contribution in [-0.4, -0.2) is 32.5 Å². The fourth-order valence-corrected chi connectivity index (χ4v) is 3.26. The molecule has 8 heteroatoms. The van der Waals surface area contributed by atoms with Crippen LogP contribution in [0.15, 0.2) is 46.0 Å². The van der Waals surface area contributed by atoms with E-state index in [0.29, 0.717) is 5.02 Å². The van der Waals surface area contributed by atoms with Crippen molar-refractivity contribution in [1.82, 2.24) is 20.2 Å². The van der Waals surface area contributed by atoms with E-state index < -0.39 is 0 Å². The van der Waals surface area contributed by atoms with Gasteiger partial charge < -0.3 is 9.73 Å². The van der Waals surface area contributed by atoms with Crippen LogP contribution in [0.5, 0.6) is 0 Å². The van der Waals surface area contributed by atoms with Crippen LogP contribution in [-0.2, 0) is 13.6 Å². The van der Waals surface area contributed by atoms with Crippen molar-refractivity contribution in [3.8, 4) is 11.3 Å². The summed E-state index contributed by atoms with van der Waals surface area (Å²) < 4.78 is 7.57. The Morgan fingerprint density at radius 2 is 2.21 bits per heavy atom. The van der Waals surface area contributed by atoms with Crippen molar-refractivity contribution in [3.63, 3.8) is 0 Å². The van der Waals surface area contributed by atoms with Crippen molar-refractivity contribution in [2.24, 2.45) is 7.05 Å². The molecule has 0 unspecified atom stereocenters. The van der Waals surface area contributed by atoms with Crippen molar-refractivity contribution in [1.29, 1.82) is 0 Å².